The average Bonchev–Trinajstić information content (AvgIpc) is 2.41. The van der Waals surface area contributed by atoms with Crippen molar-refractivity contribution in [2.45, 2.75) is 24.9 Å². The van der Waals surface area contributed by atoms with Gasteiger partial charge in [-0.15, -0.1) is 0 Å². The largest absolute Gasteiger partial charge is 0.383 e. The monoisotopic (exact) mass is 360 g/mol. The summed E-state index contributed by atoms with van der Waals surface area (Å²) in [5.74, 6) is 0.104. The predicted molar refractivity (Wildman–Crippen MR) is 82.7 cm³/mol. The summed E-state index contributed by atoms with van der Waals surface area (Å²) in [5, 5.41) is 0.622. The third kappa shape index (κ3) is 3.34. The van der Waals surface area contributed by atoms with Gasteiger partial charge in [-0.3, -0.25) is 4.79 Å². The number of hydrogen-bond donors (Lipinski definition) is 1. The lowest BCUT2D eigenvalue weighted by Gasteiger charge is -2.40. The van der Waals surface area contributed by atoms with Gasteiger partial charge >= 0.3 is 0 Å². The van der Waals surface area contributed by atoms with Gasteiger partial charge in [-0.25, -0.2) is 0 Å². The van der Waals surface area contributed by atoms with Gasteiger partial charge in [0.2, 0.25) is 5.91 Å². The SMILES string of the molecule is COCCN1C(=O)CCC(N)C1c1ccc(Br)cc1Cl. The second kappa shape index (κ2) is 6.89. The summed E-state index contributed by atoms with van der Waals surface area (Å²) in [6.07, 6.45) is 1.16. The van der Waals surface area contributed by atoms with Crippen LogP contribution in [0.4, 0.5) is 0 Å². The zero-order valence-electron chi connectivity index (χ0n) is 11.3. The van der Waals surface area contributed by atoms with E-state index in [2.05, 4.69) is 15.9 Å². The van der Waals surface area contributed by atoms with Crippen LogP contribution >= 0.6 is 27.5 Å². The molecule has 2 N–H and O–H groups in total. The summed E-state index contributed by atoms with van der Waals surface area (Å²) in [7, 11) is 1.62. The molecule has 1 aliphatic rings. The zero-order chi connectivity index (χ0) is 14.7. The third-order valence-electron chi connectivity index (χ3n) is 3.57. The van der Waals surface area contributed by atoms with Crippen molar-refractivity contribution in [3.8, 4) is 0 Å². The van der Waals surface area contributed by atoms with Crippen molar-refractivity contribution in [1.29, 1.82) is 0 Å². The summed E-state index contributed by atoms with van der Waals surface area (Å²) in [6, 6.07) is 5.38. The van der Waals surface area contributed by atoms with Gasteiger partial charge < -0.3 is 15.4 Å². The van der Waals surface area contributed by atoms with Crippen LogP contribution in [0.5, 0.6) is 0 Å². The maximum Gasteiger partial charge on any atom is 0.223 e. The number of amides is 1. The Balaban J connectivity index is 2.34. The van der Waals surface area contributed by atoms with Gasteiger partial charge in [0.1, 0.15) is 0 Å². The van der Waals surface area contributed by atoms with Crippen LogP contribution in [-0.2, 0) is 9.53 Å². The second-order valence-electron chi connectivity index (χ2n) is 4.89. The Hall–Kier alpha value is -0.620. The van der Waals surface area contributed by atoms with E-state index in [0.29, 0.717) is 31.0 Å². The summed E-state index contributed by atoms with van der Waals surface area (Å²) in [4.78, 5) is 14.0. The van der Waals surface area contributed by atoms with Crippen molar-refractivity contribution < 1.29 is 9.53 Å². The van der Waals surface area contributed by atoms with Gasteiger partial charge in [0, 0.05) is 35.6 Å². The van der Waals surface area contributed by atoms with Crippen molar-refractivity contribution in [3.63, 3.8) is 0 Å². The quantitative estimate of drug-likeness (QED) is 0.897. The number of nitrogens with zero attached hydrogens (tertiary/aromatic N) is 1. The van der Waals surface area contributed by atoms with Crippen LogP contribution in [0.1, 0.15) is 24.4 Å². The number of benzene rings is 1. The number of methoxy groups -OCH3 is 1. The Morgan fingerprint density at radius 2 is 2.30 bits per heavy atom. The molecule has 0 aliphatic carbocycles. The number of nitrogens with two attached hydrogens (primary N) is 1. The lowest BCUT2D eigenvalue weighted by atomic mass is 9.90. The smallest absolute Gasteiger partial charge is 0.223 e. The minimum absolute atomic E-state index is 0.104. The first-order chi connectivity index (χ1) is 9.54. The number of rotatable bonds is 4. The molecule has 110 valence electrons. The number of halogens is 2. The van der Waals surface area contributed by atoms with E-state index in [4.69, 9.17) is 22.1 Å². The van der Waals surface area contributed by atoms with E-state index in [0.717, 1.165) is 10.0 Å². The van der Waals surface area contributed by atoms with Crippen molar-refractivity contribution in [2.75, 3.05) is 20.3 Å². The van der Waals surface area contributed by atoms with Crippen LogP contribution in [-0.4, -0.2) is 37.1 Å². The van der Waals surface area contributed by atoms with Gasteiger partial charge in [-0.1, -0.05) is 33.6 Å². The standard InChI is InChI=1S/C14H18BrClN2O2/c1-20-7-6-18-13(19)5-4-12(17)14(18)10-3-2-9(15)8-11(10)16/h2-3,8,12,14H,4-7,17H2,1H3. The maximum atomic E-state index is 12.2. The molecule has 4 nitrogen and oxygen atoms in total. The zero-order valence-corrected chi connectivity index (χ0v) is 13.7. The Kier molecular flexibility index (Phi) is 5.43. The first-order valence-corrected chi connectivity index (χ1v) is 7.70. The molecule has 0 aromatic heterocycles. The van der Waals surface area contributed by atoms with Crippen LogP contribution in [0.2, 0.25) is 5.02 Å². The summed E-state index contributed by atoms with van der Waals surface area (Å²) >= 11 is 9.71. The van der Waals surface area contributed by atoms with Gasteiger partial charge in [0.15, 0.2) is 0 Å². The van der Waals surface area contributed by atoms with E-state index in [-0.39, 0.29) is 18.0 Å². The molecular weight excluding hydrogens is 344 g/mol. The molecule has 1 heterocycles. The molecular formula is C14H18BrClN2O2. The molecule has 0 spiro atoms. The lowest BCUT2D eigenvalue weighted by molar-refractivity contribution is -0.138. The van der Waals surface area contributed by atoms with Crippen molar-refractivity contribution in [3.05, 3.63) is 33.3 Å². The molecule has 1 aromatic rings. The Morgan fingerprint density at radius 3 is 2.95 bits per heavy atom. The summed E-state index contributed by atoms with van der Waals surface area (Å²) in [5.41, 5.74) is 7.13. The number of likely N-dealkylation sites (tertiary alicyclic amines) is 1. The Morgan fingerprint density at radius 1 is 1.55 bits per heavy atom. The highest BCUT2D eigenvalue weighted by Gasteiger charge is 2.35. The van der Waals surface area contributed by atoms with E-state index in [1.165, 1.54) is 0 Å². The number of carbonyl (C=O) groups excluding carboxylic acids is 1. The topological polar surface area (TPSA) is 55.6 Å². The third-order valence-corrected chi connectivity index (χ3v) is 4.39. The van der Waals surface area contributed by atoms with Gasteiger partial charge in [0.05, 0.1) is 12.6 Å². The fraction of sp³-hybridized carbons (Fsp3) is 0.500. The Bertz CT molecular complexity index is 498. The highest BCUT2D eigenvalue weighted by molar-refractivity contribution is 9.10. The fourth-order valence-electron chi connectivity index (χ4n) is 2.57. The van der Waals surface area contributed by atoms with Gasteiger partial charge in [-0.2, -0.15) is 0 Å². The highest BCUT2D eigenvalue weighted by Crippen LogP contribution is 2.35. The molecule has 1 aromatic carbocycles. The van der Waals surface area contributed by atoms with Crippen LogP contribution in [0.25, 0.3) is 0 Å². The molecule has 6 heteroatoms. The number of ether oxygens (including phenoxy) is 1. The molecule has 0 saturated carbocycles. The molecule has 1 aliphatic heterocycles. The molecule has 2 rings (SSSR count). The predicted octanol–water partition coefficient (Wildman–Crippen LogP) is 2.74. The maximum absolute atomic E-state index is 12.2. The minimum Gasteiger partial charge on any atom is -0.383 e. The Labute approximate surface area is 132 Å². The summed E-state index contributed by atoms with van der Waals surface area (Å²) in [6.45, 7) is 1.02. The average molecular weight is 362 g/mol. The molecule has 2 atom stereocenters. The molecule has 20 heavy (non-hydrogen) atoms. The van der Waals surface area contributed by atoms with E-state index >= 15 is 0 Å². The highest BCUT2D eigenvalue weighted by atomic mass is 79.9. The van der Waals surface area contributed by atoms with Crippen LogP contribution in [0.3, 0.4) is 0 Å². The normalized spacial score (nSPS) is 23.2. The molecule has 0 bridgehead atoms. The van der Waals surface area contributed by atoms with Crippen LogP contribution in [0, 0.1) is 0 Å². The number of piperidine rings is 1. The van der Waals surface area contributed by atoms with Crippen molar-refractivity contribution >= 4 is 33.4 Å². The molecule has 2 unspecified atom stereocenters. The molecule has 1 saturated heterocycles. The first-order valence-electron chi connectivity index (χ1n) is 6.53. The van der Waals surface area contributed by atoms with Gasteiger partial charge in [0.25, 0.3) is 0 Å². The van der Waals surface area contributed by atoms with E-state index in [1.807, 2.05) is 18.2 Å². The molecule has 1 fully saturated rings. The molecule has 1 amide bonds. The van der Waals surface area contributed by atoms with Crippen LogP contribution in [0.15, 0.2) is 22.7 Å². The number of carbonyl (C=O) groups is 1. The summed E-state index contributed by atoms with van der Waals surface area (Å²) < 4.78 is 5.99. The second-order valence-corrected chi connectivity index (χ2v) is 6.22. The molecule has 0 radical (unpaired) electrons. The lowest BCUT2D eigenvalue weighted by Crippen LogP contribution is -2.49. The van der Waals surface area contributed by atoms with E-state index < -0.39 is 0 Å². The van der Waals surface area contributed by atoms with E-state index in [1.54, 1.807) is 12.0 Å². The minimum atomic E-state index is -0.188. The first kappa shape index (κ1) is 15.8. The van der Waals surface area contributed by atoms with Crippen LogP contribution < -0.4 is 5.73 Å². The van der Waals surface area contributed by atoms with Gasteiger partial charge in [-0.05, 0) is 24.1 Å². The number of hydrogen-bond acceptors (Lipinski definition) is 3. The van der Waals surface area contributed by atoms with Crippen molar-refractivity contribution in [1.82, 2.24) is 4.90 Å². The van der Waals surface area contributed by atoms with E-state index in [9.17, 15) is 4.79 Å². The fourth-order valence-corrected chi connectivity index (χ4v) is 3.36. The van der Waals surface area contributed by atoms with Crippen molar-refractivity contribution in [2.24, 2.45) is 5.73 Å².